The summed E-state index contributed by atoms with van der Waals surface area (Å²) in [6, 6.07) is 12.2. The average Bonchev–Trinajstić information content (AvgIpc) is 2.55. The zero-order valence-electron chi connectivity index (χ0n) is 12.5. The first-order valence-electron chi connectivity index (χ1n) is 6.73. The molecule has 0 aromatic heterocycles. The van der Waals surface area contributed by atoms with E-state index in [-0.39, 0.29) is 9.92 Å². The Hall–Kier alpha value is -2.42. The molecule has 2 rings (SSSR count). The smallest absolute Gasteiger partial charge is 0.318 e. The van der Waals surface area contributed by atoms with Crippen molar-refractivity contribution in [1.82, 2.24) is 10.3 Å². The maximum absolute atomic E-state index is 12.0. The Balaban J connectivity index is 1.96. The van der Waals surface area contributed by atoms with Crippen molar-refractivity contribution in [2.45, 2.75) is 11.8 Å². The van der Waals surface area contributed by atoms with E-state index in [1.54, 1.807) is 24.3 Å². The Morgan fingerprint density at radius 3 is 2.29 bits per heavy atom. The number of carbonyl (C=O) groups is 2. The highest BCUT2D eigenvalue weighted by Gasteiger charge is 2.19. The Kier molecular flexibility index (Phi) is 5.55. The lowest BCUT2D eigenvalue weighted by Crippen LogP contribution is -2.46. The van der Waals surface area contributed by atoms with E-state index in [4.69, 9.17) is 11.6 Å². The number of aryl methyl sites for hydroxylation is 1. The molecule has 0 aliphatic carbocycles. The fourth-order valence-electron chi connectivity index (χ4n) is 1.69. The van der Waals surface area contributed by atoms with Gasteiger partial charge in [-0.3, -0.25) is 15.0 Å². The second-order valence-electron chi connectivity index (χ2n) is 4.84. The molecule has 2 amide bonds. The van der Waals surface area contributed by atoms with E-state index in [1.165, 1.54) is 24.3 Å². The van der Waals surface area contributed by atoms with Gasteiger partial charge in [0.25, 0.3) is 10.0 Å². The number of carbonyl (C=O) groups excluding carboxylic acids is 2. The molecule has 24 heavy (non-hydrogen) atoms. The number of nitrogens with one attached hydrogen (secondary N) is 3. The fraction of sp³-hybridized carbons (Fsp3) is 0.0667. The Bertz CT molecular complexity index is 867. The summed E-state index contributed by atoms with van der Waals surface area (Å²) in [5.41, 5.74) is 3.25. The quantitative estimate of drug-likeness (QED) is 0.564. The second-order valence-corrected chi connectivity index (χ2v) is 6.96. The third-order valence-electron chi connectivity index (χ3n) is 2.92. The van der Waals surface area contributed by atoms with Gasteiger partial charge in [-0.1, -0.05) is 35.4 Å². The van der Waals surface area contributed by atoms with Crippen molar-refractivity contribution in [2.24, 2.45) is 0 Å². The molecule has 0 aliphatic rings. The molecule has 0 spiro atoms. The molecule has 0 atom stereocenters. The maximum atomic E-state index is 12.0. The number of hydrogen-bond acceptors (Lipinski definition) is 4. The van der Waals surface area contributed by atoms with Crippen molar-refractivity contribution < 1.29 is 18.0 Å². The van der Waals surface area contributed by atoms with Gasteiger partial charge in [-0.15, -0.1) is 4.83 Å². The summed E-state index contributed by atoms with van der Waals surface area (Å²) in [6.45, 7) is 1.88. The van der Waals surface area contributed by atoms with Crippen molar-refractivity contribution in [3.05, 3.63) is 59.1 Å². The van der Waals surface area contributed by atoms with Crippen LogP contribution in [0, 0.1) is 6.92 Å². The largest absolute Gasteiger partial charge is 0.324 e. The fourth-order valence-corrected chi connectivity index (χ4v) is 2.83. The van der Waals surface area contributed by atoms with Crippen molar-refractivity contribution in [2.75, 3.05) is 5.32 Å². The summed E-state index contributed by atoms with van der Waals surface area (Å²) in [7, 11) is -4.04. The monoisotopic (exact) mass is 367 g/mol. The lowest BCUT2D eigenvalue weighted by molar-refractivity contribution is -0.136. The molecule has 0 heterocycles. The summed E-state index contributed by atoms with van der Waals surface area (Å²) in [4.78, 5) is 25.1. The predicted octanol–water partition coefficient (Wildman–Crippen LogP) is 1.60. The highest BCUT2D eigenvalue weighted by atomic mass is 35.5. The summed E-state index contributed by atoms with van der Waals surface area (Å²) < 4.78 is 24.0. The van der Waals surface area contributed by atoms with Crippen LogP contribution in [0.3, 0.4) is 0 Å². The van der Waals surface area contributed by atoms with Crippen LogP contribution in [0.25, 0.3) is 0 Å². The van der Waals surface area contributed by atoms with Crippen LogP contribution in [0.4, 0.5) is 5.69 Å². The molecule has 0 fully saturated rings. The minimum atomic E-state index is -4.04. The van der Waals surface area contributed by atoms with Gasteiger partial charge >= 0.3 is 11.8 Å². The number of anilines is 1. The van der Waals surface area contributed by atoms with Crippen molar-refractivity contribution in [1.29, 1.82) is 0 Å². The van der Waals surface area contributed by atoms with Crippen LogP contribution in [-0.4, -0.2) is 20.2 Å². The molecule has 7 nitrogen and oxygen atoms in total. The maximum Gasteiger partial charge on any atom is 0.324 e. The van der Waals surface area contributed by atoms with E-state index < -0.39 is 21.8 Å². The molecule has 126 valence electrons. The van der Waals surface area contributed by atoms with Crippen molar-refractivity contribution in [3.63, 3.8) is 0 Å². The van der Waals surface area contributed by atoms with Gasteiger partial charge in [0, 0.05) is 10.7 Å². The minimum absolute atomic E-state index is 0.144. The normalized spacial score (nSPS) is 10.9. The summed E-state index contributed by atoms with van der Waals surface area (Å²) >= 11 is 5.72. The molecule has 0 unspecified atom stereocenters. The molecule has 0 saturated carbocycles. The van der Waals surface area contributed by atoms with Gasteiger partial charge in [0.15, 0.2) is 0 Å². The zero-order valence-corrected chi connectivity index (χ0v) is 14.1. The lowest BCUT2D eigenvalue weighted by Gasteiger charge is -2.09. The van der Waals surface area contributed by atoms with Gasteiger partial charge < -0.3 is 5.32 Å². The van der Waals surface area contributed by atoms with Crippen LogP contribution in [-0.2, 0) is 19.6 Å². The number of hydrogen-bond donors (Lipinski definition) is 3. The number of sulfonamides is 1. The molecule has 2 aromatic carbocycles. The minimum Gasteiger partial charge on any atom is -0.318 e. The van der Waals surface area contributed by atoms with E-state index in [2.05, 4.69) is 5.32 Å². The SMILES string of the molecule is Cc1ccc(NC(=O)C(=O)NNS(=O)(=O)c2cccc(Cl)c2)cc1. The van der Waals surface area contributed by atoms with E-state index >= 15 is 0 Å². The average molecular weight is 368 g/mol. The van der Waals surface area contributed by atoms with E-state index in [0.29, 0.717) is 5.69 Å². The topological polar surface area (TPSA) is 104 Å². The molecular weight excluding hydrogens is 354 g/mol. The van der Waals surface area contributed by atoms with Crippen molar-refractivity contribution in [3.8, 4) is 0 Å². The van der Waals surface area contributed by atoms with E-state index in [9.17, 15) is 18.0 Å². The summed E-state index contributed by atoms with van der Waals surface area (Å²) in [5.74, 6) is -2.16. The van der Waals surface area contributed by atoms with Crippen LogP contribution in [0.15, 0.2) is 53.4 Å². The highest BCUT2D eigenvalue weighted by molar-refractivity contribution is 7.89. The Morgan fingerprint density at radius 1 is 1.00 bits per heavy atom. The van der Waals surface area contributed by atoms with Gasteiger partial charge in [0.1, 0.15) is 0 Å². The van der Waals surface area contributed by atoms with Crippen LogP contribution < -0.4 is 15.6 Å². The standard InChI is InChI=1S/C15H14ClN3O4S/c1-10-5-7-12(8-6-10)17-14(20)15(21)18-19-24(22,23)13-4-2-3-11(16)9-13/h2-9,19H,1H3,(H,17,20)(H,18,21). The van der Waals surface area contributed by atoms with E-state index in [0.717, 1.165) is 5.56 Å². The van der Waals surface area contributed by atoms with Crippen LogP contribution in [0.1, 0.15) is 5.56 Å². The molecule has 2 aromatic rings. The second kappa shape index (κ2) is 7.43. The molecule has 0 bridgehead atoms. The Morgan fingerprint density at radius 2 is 1.67 bits per heavy atom. The van der Waals surface area contributed by atoms with Gasteiger partial charge in [-0.05, 0) is 37.3 Å². The number of amides is 2. The molecule has 0 aliphatic heterocycles. The van der Waals surface area contributed by atoms with Gasteiger partial charge in [-0.25, -0.2) is 8.42 Å². The first-order valence-corrected chi connectivity index (χ1v) is 8.59. The first kappa shape index (κ1) is 17.9. The summed E-state index contributed by atoms with van der Waals surface area (Å²) in [5, 5.41) is 2.57. The lowest BCUT2D eigenvalue weighted by atomic mass is 10.2. The van der Waals surface area contributed by atoms with Crippen molar-refractivity contribution >= 4 is 39.1 Å². The summed E-state index contributed by atoms with van der Waals surface area (Å²) in [6.07, 6.45) is 0. The highest BCUT2D eigenvalue weighted by Crippen LogP contribution is 2.14. The number of hydrazine groups is 1. The number of benzene rings is 2. The molecule has 3 N–H and O–H groups in total. The number of rotatable bonds is 4. The first-order chi connectivity index (χ1) is 11.3. The van der Waals surface area contributed by atoms with Crippen LogP contribution >= 0.6 is 11.6 Å². The predicted molar refractivity (Wildman–Crippen MR) is 89.7 cm³/mol. The Labute approximate surface area is 144 Å². The molecule has 9 heteroatoms. The molecule has 0 radical (unpaired) electrons. The van der Waals surface area contributed by atoms with Gasteiger partial charge in [-0.2, -0.15) is 0 Å². The third kappa shape index (κ3) is 4.79. The van der Waals surface area contributed by atoms with Gasteiger partial charge in [0.2, 0.25) is 0 Å². The number of halogens is 1. The molecule has 0 saturated heterocycles. The van der Waals surface area contributed by atoms with Gasteiger partial charge in [0.05, 0.1) is 4.90 Å². The van der Waals surface area contributed by atoms with Crippen LogP contribution in [0.2, 0.25) is 5.02 Å². The van der Waals surface area contributed by atoms with Crippen LogP contribution in [0.5, 0.6) is 0 Å². The third-order valence-corrected chi connectivity index (χ3v) is 4.40. The zero-order chi connectivity index (χ0) is 17.7. The molecular formula is C15H14ClN3O4S. The van der Waals surface area contributed by atoms with E-state index in [1.807, 2.05) is 17.2 Å².